The minimum absolute atomic E-state index is 0.148. The van der Waals surface area contributed by atoms with E-state index in [4.69, 9.17) is 5.73 Å². The van der Waals surface area contributed by atoms with Gasteiger partial charge in [-0.05, 0) is 18.2 Å². The first-order valence-corrected chi connectivity index (χ1v) is 6.81. The van der Waals surface area contributed by atoms with E-state index in [2.05, 4.69) is 5.32 Å². The summed E-state index contributed by atoms with van der Waals surface area (Å²) in [4.78, 5) is 12.6. The van der Waals surface area contributed by atoms with Gasteiger partial charge >= 0.3 is 0 Å². The van der Waals surface area contributed by atoms with Crippen LogP contribution in [0.4, 0.5) is 15.8 Å². The predicted octanol–water partition coefficient (Wildman–Crippen LogP) is 3.87. The molecule has 1 aromatic heterocycles. The number of hydrogen-bond donors (Lipinski definition) is 2. The molecule has 0 fully saturated rings. The zero-order valence-corrected chi connectivity index (χ0v) is 11.2. The molecule has 3 N–H and O–H groups in total. The third-order valence-electron chi connectivity index (χ3n) is 2.96. The summed E-state index contributed by atoms with van der Waals surface area (Å²) in [6, 6.07) is 13.5. The number of fused-ring (bicyclic) bond motifs is 1. The van der Waals surface area contributed by atoms with E-state index in [-0.39, 0.29) is 5.69 Å². The lowest BCUT2D eigenvalue weighted by Crippen LogP contribution is -2.12. The lowest BCUT2D eigenvalue weighted by Gasteiger charge is -2.05. The Balaban J connectivity index is 1.97. The van der Waals surface area contributed by atoms with E-state index in [1.807, 2.05) is 24.3 Å². The van der Waals surface area contributed by atoms with Crippen molar-refractivity contribution in [3.8, 4) is 0 Å². The molecular formula is C15H11FN2OS. The van der Waals surface area contributed by atoms with Crippen molar-refractivity contribution < 1.29 is 9.18 Å². The molecule has 2 aromatic carbocycles. The molecule has 5 heteroatoms. The largest absolute Gasteiger partial charge is 0.397 e. The fourth-order valence-electron chi connectivity index (χ4n) is 1.98. The highest BCUT2D eigenvalue weighted by Gasteiger charge is 2.17. The quantitative estimate of drug-likeness (QED) is 0.751. The van der Waals surface area contributed by atoms with Crippen molar-refractivity contribution in [1.82, 2.24) is 0 Å². The maximum absolute atomic E-state index is 13.5. The molecule has 0 aliphatic rings. The number of carbonyl (C=O) groups is 1. The van der Waals surface area contributed by atoms with Crippen molar-refractivity contribution in [3.63, 3.8) is 0 Å². The summed E-state index contributed by atoms with van der Waals surface area (Å²) in [5.74, 6) is -0.866. The van der Waals surface area contributed by atoms with E-state index in [0.717, 1.165) is 10.1 Å². The fourth-order valence-corrected chi connectivity index (χ4v) is 2.99. The molecule has 0 spiro atoms. The topological polar surface area (TPSA) is 55.1 Å². The first-order chi connectivity index (χ1) is 9.66. The summed E-state index contributed by atoms with van der Waals surface area (Å²) in [5, 5.41) is 3.39. The lowest BCUT2D eigenvalue weighted by molar-refractivity contribution is 0.103. The molecule has 0 aliphatic heterocycles. The summed E-state index contributed by atoms with van der Waals surface area (Å²) in [7, 11) is 0. The zero-order chi connectivity index (χ0) is 14.1. The molecule has 0 atom stereocenters. The summed E-state index contributed by atoms with van der Waals surface area (Å²) < 4.78 is 14.5. The average Bonchev–Trinajstić information content (AvgIpc) is 2.79. The lowest BCUT2D eigenvalue weighted by atomic mass is 10.2. The van der Waals surface area contributed by atoms with Crippen LogP contribution in [0.5, 0.6) is 0 Å². The number of carbonyl (C=O) groups excluding carboxylic acids is 1. The van der Waals surface area contributed by atoms with Gasteiger partial charge in [0.1, 0.15) is 10.7 Å². The number of nitrogen functional groups attached to an aromatic ring is 1. The monoisotopic (exact) mass is 286 g/mol. The Bertz CT molecular complexity index is 797. The Labute approximate surface area is 118 Å². The van der Waals surface area contributed by atoms with Crippen LogP contribution in [0.3, 0.4) is 0 Å². The Morgan fingerprint density at radius 2 is 1.80 bits per heavy atom. The molecule has 3 aromatic rings. The van der Waals surface area contributed by atoms with E-state index in [1.165, 1.54) is 23.5 Å². The Morgan fingerprint density at radius 1 is 1.10 bits per heavy atom. The minimum Gasteiger partial charge on any atom is -0.397 e. The van der Waals surface area contributed by atoms with Gasteiger partial charge in [0.15, 0.2) is 0 Å². The second kappa shape index (κ2) is 4.94. The van der Waals surface area contributed by atoms with Crippen molar-refractivity contribution >= 4 is 38.7 Å². The molecule has 3 rings (SSSR count). The molecule has 0 saturated carbocycles. The van der Waals surface area contributed by atoms with Crippen LogP contribution in [0.1, 0.15) is 9.67 Å². The average molecular weight is 286 g/mol. The van der Waals surface area contributed by atoms with E-state index < -0.39 is 11.7 Å². The normalized spacial score (nSPS) is 10.7. The number of anilines is 2. The number of nitrogens with two attached hydrogens (primary N) is 1. The van der Waals surface area contributed by atoms with Gasteiger partial charge in [0.05, 0.1) is 11.4 Å². The molecule has 3 nitrogen and oxygen atoms in total. The van der Waals surface area contributed by atoms with Crippen molar-refractivity contribution in [2.24, 2.45) is 0 Å². The van der Waals surface area contributed by atoms with E-state index in [9.17, 15) is 9.18 Å². The van der Waals surface area contributed by atoms with E-state index in [1.54, 1.807) is 12.1 Å². The second-order valence-corrected chi connectivity index (χ2v) is 5.33. The molecule has 1 amide bonds. The van der Waals surface area contributed by atoms with Crippen LogP contribution in [0.25, 0.3) is 10.1 Å². The van der Waals surface area contributed by atoms with Crippen LogP contribution in [-0.4, -0.2) is 5.91 Å². The maximum Gasteiger partial charge on any atom is 0.267 e. The van der Waals surface area contributed by atoms with Crippen molar-refractivity contribution in [2.45, 2.75) is 0 Å². The summed E-state index contributed by atoms with van der Waals surface area (Å²) >= 11 is 1.30. The molecule has 0 unspecified atom stereocenters. The number of rotatable bonds is 2. The Kier molecular flexibility index (Phi) is 3.12. The first-order valence-electron chi connectivity index (χ1n) is 5.99. The van der Waals surface area contributed by atoms with Crippen LogP contribution < -0.4 is 11.1 Å². The highest BCUT2D eigenvalue weighted by atomic mass is 32.1. The Hall–Kier alpha value is -2.40. The highest BCUT2D eigenvalue weighted by molar-refractivity contribution is 7.21. The maximum atomic E-state index is 13.5. The van der Waals surface area contributed by atoms with Gasteiger partial charge in [-0.1, -0.05) is 30.3 Å². The highest BCUT2D eigenvalue weighted by Crippen LogP contribution is 2.33. The van der Waals surface area contributed by atoms with Crippen LogP contribution in [-0.2, 0) is 0 Å². The van der Waals surface area contributed by atoms with Gasteiger partial charge in [0, 0.05) is 10.1 Å². The number of halogens is 1. The van der Waals surface area contributed by atoms with Crippen LogP contribution in [0, 0.1) is 5.82 Å². The molecule has 1 heterocycles. The van der Waals surface area contributed by atoms with Crippen molar-refractivity contribution in [2.75, 3.05) is 11.1 Å². The summed E-state index contributed by atoms with van der Waals surface area (Å²) in [6.07, 6.45) is 0. The molecule has 0 aliphatic carbocycles. The third kappa shape index (κ3) is 2.12. The molecule has 100 valence electrons. The number of benzene rings is 2. The molecule has 0 radical (unpaired) electrons. The van der Waals surface area contributed by atoms with Crippen LogP contribution in [0.15, 0.2) is 48.5 Å². The van der Waals surface area contributed by atoms with E-state index in [0.29, 0.717) is 10.6 Å². The first kappa shape index (κ1) is 12.6. The molecular weight excluding hydrogens is 275 g/mol. The smallest absolute Gasteiger partial charge is 0.267 e. The van der Waals surface area contributed by atoms with Crippen molar-refractivity contribution in [3.05, 3.63) is 59.2 Å². The van der Waals surface area contributed by atoms with Gasteiger partial charge < -0.3 is 11.1 Å². The SMILES string of the molecule is Nc1c(C(=O)Nc2ccccc2F)sc2ccccc12. The summed E-state index contributed by atoms with van der Waals surface area (Å²) in [6.45, 7) is 0. The predicted molar refractivity (Wildman–Crippen MR) is 80.6 cm³/mol. The third-order valence-corrected chi connectivity index (χ3v) is 4.15. The van der Waals surface area contributed by atoms with Crippen LogP contribution in [0.2, 0.25) is 0 Å². The van der Waals surface area contributed by atoms with Gasteiger partial charge in [0.25, 0.3) is 5.91 Å². The molecule has 20 heavy (non-hydrogen) atoms. The van der Waals surface area contributed by atoms with Crippen LogP contribution >= 0.6 is 11.3 Å². The number of para-hydroxylation sites is 1. The number of hydrogen-bond acceptors (Lipinski definition) is 3. The minimum atomic E-state index is -0.472. The number of thiophene rings is 1. The van der Waals surface area contributed by atoms with Gasteiger partial charge in [-0.15, -0.1) is 11.3 Å². The molecule has 0 saturated heterocycles. The number of nitrogens with one attached hydrogen (secondary N) is 1. The van der Waals surface area contributed by atoms with Gasteiger partial charge in [-0.25, -0.2) is 4.39 Å². The fraction of sp³-hybridized carbons (Fsp3) is 0. The summed E-state index contributed by atoms with van der Waals surface area (Å²) in [5.41, 5.74) is 6.57. The molecule has 0 bridgehead atoms. The van der Waals surface area contributed by atoms with Gasteiger partial charge in [-0.3, -0.25) is 4.79 Å². The van der Waals surface area contributed by atoms with Crippen molar-refractivity contribution in [1.29, 1.82) is 0 Å². The second-order valence-electron chi connectivity index (χ2n) is 4.27. The van der Waals surface area contributed by atoms with E-state index >= 15 is 0 Å². The van der Waals surface area contributed by atoms with Gasteiger partial charge in [-0.2, -0.15) is 0 Å². The zero-order valence-electron chi connectivity index (χ0n) is 10.4. The standard InChI is InChI=1S/C15H11FN2OS/c16-10-6-2-3-7-11(10)18-15(19)14-13(17)9-5-1-4-8-12(9)20-14/h1-8H,17H2,(H,18,19). The number of amides is 1. The Morgan fingerprint density at radius 3 is 2.55 bits per heavy atom. The van der Waals surface area contributed by atoms with Gasteiger partial charge in [0.2, 0.25) is 0 Å².